The largest absolute Gasteiger partial charge is 0.277 e. The van der Waals surface area contributed by atoms with Crippen LogP contribution < -0.4 is 27.3 Å². The van der Waals surface area contributed by atoms with E-state index < -0.39 is 0 Å². The summed E-state index contributed by atoms with van der Waals surface area (Å²) in [6.45, 7) is 0. The van der Waals surface area contributed by atoms with Crippen molar-refractivity contribution in [3.05, 3.63) is 24.3 Å². The van der Waals surface area contributed by atoms with Crippen molar-refractivity contribution in [3.8, 4) is 11.3 Å². The van der Waals surface area contributed by atoms with E-state index in [1.54, 1.807) is 0 Å². The number of benzene rings is 2. The van der Waals surface area contributed by atoms with E-state index in [4.69, 9.17) is 0 Å². The smallest absolute Gasteiger partial charge is 0.139 e. The third kappa shape index (κ3) is 1.76. The maximum atomic E-state index is 4.57. The summed E-state index contributed by atoms with van der Waals surface area (Å²) in [6, 6.07) is 8.32. The van der Waals surface area contributed by atoms with E-state index in [1.165, 1.54) is 38.3 Å². The Kier molecular flexibility index (Phi) is 3.08. The molecule has 1 heterocycles. The van der Waals surface area contributed by atoms with Crippen molar-refractivity contribution in [2.24, 2.45) is 0 Å². The van der Waals surface area contributed by atoms with Gasteiger partial charge < -0.3 is 0 Å². The van der Waals surface area contributed by atoms with Crippen LogP contribution in [0.15, 0.2) is 24.3 Å². The van der Waals surface area contributed by atoms with E-state index in [0.717, 1.165) is 11.2 Å². The molecule has 2 nitrogen and oxygen atoms in total. The lowest BCUT2D eigenvalue weighted by Crippen LogP contribution is -2.55. The van der Waals surface area contributed by atoms with Gasteiger partial charge in [0.15, 0.2) is 0 Å². The van der Waals surface area contributed by atoms with Crippen LogP contribution in [0.3, 0.4) is 0 Å². The number of hydrogen-bond acceptors (Lipinski definition) is 1. The van der Waals surface area contributed by atoms with Crippen molar-refractivity contribution >= 4 is 77.4 Å². The van der Waals surface area contributed by atoms with Gasteiger partial charge in [0.25, 0.3) is 0 Å². The van der Waals surface area contributed by atoms with Gasteiger partial charge in [0.05, 0.1) is 11.2 Å². The number of para-hydroxylation sites is 1. The van der Waals surface area contributed by atoms with E-state index in [-0.39, 0.29) is 0 Å². The number of hydrogen-bond donors (Lipinski definition) is 1. The minimum Gasteiger partial charge on any atom is -0.277 e. The van der Waals surface area contributed by atoms with Gasteiger partial charge in [-0.15, -0.1) is 16.4 Å². The van der Waals surface area contributed by atoms with Crippen LogP contribution in [0.1, 0.15) is 0 Å². The highest BCUT2D eigenvalue weighted by molar-refractivity contribution is 6.68. The van der Waals surface area contributed by atoms with Crippen molar-refractivity contribution in [1.82, 2.24) is 10.2 Å². The molecule has 0 spiro atoms. The van der Waals surface area contributed by atoms with Gasteiger partial charge in [-0.1, -0.05) is 29.1 Å². The Morgan fingerprint density at radius 2 is 1.30 bits per heavy atom. The van der Waals surface area contributed by atoms with Crippen molar-refractivity contribution in [1.29, 1.82) is 0 Å². The van der Waals surface area contributed by atoms with Gasteiger partial charge in [-0.2, -0.15) is 5.10 Å². The lowest BCUT2D eigenvalue weighted by molar-refractivity contribution is 1.13. The molecule has 0 unspecified atom stereocenters. The van der Waals surface area contributed by atoms with E-state index >= 15 is 0 Å². The van der Waals surface area contributed by atoms with Crippen LogP contribution >= 0.6 is 0 Å². The Hall–Kier alpha value is -1.77. The molecular formula is C13H15B5N2. The second kappa shape index (κ2) is 4.66. The van der Waals surface area contributed by atoms with Gasteiger partial charge >= 0.3 is 0 Å². The fourth-order valence-electron chi connectivity index (χ4n) is 3.01. The zero-order chi connectivity index (χ0) is 14.4. The SMILES string of the molecule is Bc1c(B)c(B)c(-c2n[nH]c3ccccc23)c(B)c1B. The molecule has 0 amide bonds. The minimum atomic E-state index is 1.07. The maximum Gasteiger partial charge on any atom is 0.139 e. The molecule has 0 aliphatic rings. The average Bonchev–Trinajstić information content (AvgIpc) is 2.87. The molecule has 1 aromatic heterocycles. The summed E-state index contributed by atoms with van der Waals surface area (Å²) in [5, 5.41) is 8.91. The monoisotopic (exact) mass is 254 g/mol. The zero-order valence-electron chi connectivity index (χ0n) is 12.8. The van der Waals surface area contributed by atoms with E-state index in [1.807, 2.05) is 6.07 Å². The Labute approximate surface area is 123 Å². The fraction of sp³-hybridized carbons (Fsp3) is 0. The predicted molar refractivity (Wildman–Crippen MR) is 102 cm³/mol. The second-order valence-corrected chi connectivity index (χ2v) is 5.62. The Balaban J connectivity index is 2.41. The minimum absolute atomic E-state index is 1.07. The molecule has 1 N–H and O–H groups in total. The zero-order valence-corrected chi connectivity index (χ0v) is 12.8. The van der Waals surface area contributed by atoms with Crippen molar-refractivity contribution < 1.29 is 0 Å². The average molecular weight is 253 g/mol. The molecule has 7 heteroatoms. The van der Waals surface area contributed by atoms with E-state index in [0.29, 0.717) is 0 Å². The van der Waals surface area contributed by atoms with E-state index in [9.17, 15) is 0 Å². The Bertz CT molecular complexity index is 796. The van der Waals surface area contributed by atoms with E-state index in [2.05, 4.69) is 67.6 Å². The van der Waals surface area contributed by atoms with Crippen LogP contribution in [0, 0.1) is 0 Å². The van der Waals surface area contributed by atoms with Crippen LogP contribution in [0.4, 0.5) is 0 Å². The molecule has 0 bridgehead atoms. The summed E-state index contributed by atoms with van der Waals surface area (Å²) >= 11 is 0. The summed E-state index contributed by atoms with van der Waals surface area (Å²) in [5.41, 5.74) is 10.3. The number of nitrogens with one attached hydrogen (secondary N) is 1. The number of fused-ring (bicyclic) bond motifs is 1. The van der Waals surface area contributed by atoms with Crippen LogP contribution in [0.2, 0.25) is 0 Å². The quantitative estimate of drug-likeness (QED) is 0.431. The molecule has 0 fully saturated rings. The Morgan fingerprint density at radius 1 is 0.750 bits per heavy atom. The second-order valence-electron chi connectivity index (χ2n) is 5.62. The molecule has 2 aromatic carbocycles. The van der Waals surface area contributed by atoms with Crippen molar-refractivity contribution in [2.45, 2.75) is 0 Å². The van der Waals surface area contributed by atoms with Crippen molar-refractivity contribution in [2.75, 3.05) is 0 Å². The molecule has 0 radical (unpaired) electrons. The van der Waals surface area contributed by atoms with Gasteiger partial charge in [-0.05, 0) is 11.6 Å². The van der Waals surface area contributed by atoms with Gasteiger partial charge in [0, 0.05) is 5.39 Å². The summed E-state index contributed by atoms with van der Waals surface area (Å²) in [5.74, 6) is 0. The summed E-state index contributed by atoms with van der Waals surface area (Å²) in [7, 11) is 11.0. The first kappa shape index (κ1) is 13.2. The summed E-state index contributed by atoms with van der Waals surface area (Å²) in [6.07, 6.45) is 0. The molecule has 0 saturated heterocycles. The van der Waals surface area contributed by atoms with Gasteiger partial charge in [-0.3, -0.25) is 5.10 Å². The molecule has 0 aliphatic heterocycles. The third-order valence-electron chi connectivity index (χ3n) is 4.71. The van der Waals surface area contributed by atoms with Crippen LogP contribution in [0.25, 0.3) is 22.2 Å². The highest BCUT2D eigenvalue weighted by atomic mass is 15.1. The number of nitrogens with zero attached hydrogens (tertiary/aromatic N) is 1. The molecule has 3 aromatic rings. The molecule has 92 valence electrons. The first-order chi connectivity index (χ1) is 9.52. The third-order valence-corrected chi connectivity index (χ3v) is 4.71. The Morgan fingerprint density at radius 3 is 1.95 bits per heavy atom. The maximum absolute atomic E-state index is 4.57. The highest BCUT2D eigenvalue weighted by Gasteiger charge is 2.16. The normalized spacial score (nSPS) is 11.0. The molecule has 0 saturated carbocycles. The van der Waals surface area contributed by atoms with Crippen LogP contribution in [-0.2, 0) is 0 Å². The molecular weight excluding hydrogens is 238 g/mol. The lowest BCUT2D eigenvalue weighted by Gasteiger charge is -2.19. The van der Waals surface area contributed by atoms with Crippen LogP contribution in [0.5, 0.6) is 0 Å². The number of aromatic amines is 1. The molecule has 0 atom stereocenters. The molecule has 20 heavy (non-hydrogen) atoms. The van der Waals surface area contributed by atoms with Gasteiger partial charge in [0.1, 0.15) is 39.2 Å². The van der Waals surface area contributed by atoms with Crippen molar-refractivity contribution in [3.63, 3.8) is 0 Å². The topological polar surface area (TPSA) is 28.7 Å². The molecule has 0 aliphatic carbocycles. The van der Waals surface area contributed by atoms with Crippen LogP contribution in [-0.4, -0.2) is 49.4 Å². The number of H-pyrrole nitrogens is 1. The highest BCUT2D eigenvalue weighted by Crippen LogP contribution is 2.22. The number of rotatable bonds is 1. The predicted octanol–water partition coefficient (Wildman–Crippen LogP) is -5.48. The summed E-state index contributed by atoms with van der Waals surface area (Å²) in [4.78, 5) is 0. The molecule has 3 rings (SSSR count). The summed E-state index contributed by atoms with van der Waals surface area (Å²) < 4.78 is 0. The van der Waals surface area contributed by atoms with Gasteiger partial charge in [-0.25, -0.2) is 0 Å². The van der Waals surface area contributed by atoms with Gasteiger partial charge in [0.2, 0.25) is 0 Å². The first-order valence-electron chi connectivity index (χ1n) is 7.02. The lowest BCUT2D eigenvalue weighted by atomic mass is 9.60. The fourth-order valence-corrected chi connectivity index (χ4v) is 3.01. The number of aromatic nitrogens is 2. The first-order valence-corrected chi connectivity index (χ1v) is 7.02. The standard InChI is InChI=1S/C13H15B5N2/c14-8-7(9(15)11(17)12(18)10(8)16)13-5-3-1-2-4-6(5)19-20-13/h1-4H,14-18H2,(H,19,20).